The molecule has 0 fully saturated rings. The minimum Gasteiger partial charge on any atom is -0.409 e. The lowest BCUT2D eigenvalue weighted by atomic mass is 10.1. The second kappa shape index (κ2) is 6.18. The Morgan fingerprint density at radius 3 is 2.65 bits per heavy atom. The second-order valence-electron chi connectivity index (χ2n) is 3.27. The standard InChI is InChI=1S/C12H13N3O2/c1-9(16)14-8-2-3-10-4-6-11(7-5-10)12(13)15-17/h4-7,17H,8H2,1H3,(H2,13,15)(H,14,16). The second-order valence-corrected chi connectivity index (χ2v) is 3.27. The van der Waals surface area contributed by atoms with Crippen LogP contribution < -0.4 is 11.1 Å². The highest BCUT2D eigenvalue weighted by Gasteiger charge is 1.97. The molecule has 0 aromatic heterocycles. The van der Waals surface area contributed by atoms with E-state index in [0.29, 0.717) is 12.1 Å². The fourth-order valence-electron chi connectivity index (χ4n) is 1.10. The molecule has 0 spiro atoms. The highest BCUT2D eigenvalue weighted by Crippen LogP contribution is 2.02. The van der Waals surface area contributed by atoms with Gasteiger partial charge in [-0.25, -0.2) is 0 Å². The smallest absolute Gasteiger partial charge is 0.217 e. The van der Waals surface area contributed by atoms with Gasteiger partial charge in [0.2, 0.25) is 5.91 Å². The van der Waals surface area contributed by atoms with E-state index in [-0.39, 0.29) is 11.7 Å². The molecule has 0 aliphatic carbocycles. The van der Waals surface area contributed by atoms with Crippen molar-refractivity contribution in [3.63, 3.8) is 0 Å². The number of hydrogen-bond acceptors (Lipinski definition) is 3. The highest BCUT2D eigenvalue weighted by atomic mass is 16.4. The molecule has 5 heteroatoms. The van der Waals surface area contributed by atoms with Gasteiger partial charge < -0.3 is 16.3 Å². The number of hydrogen-bond donors (Lipinski definition) is 3. The van der Waals surface area contributed by atoms with Gasteiger partial charge in [-0.05, 0) is 24.3 Å². The highest BCUT2D eigenvalue weighted by molar-refractivity contribution is 5.97. The average Bonchev–Trinajstić information content (AvgIpc) is 2.34. The van der Waals surface area contributed by atoms with Crippen molar-refractivity contribution in [2.75, 3.05) is 6.54 Å². The first-order valence-electron chi connectivity index (χ1n) is 4.94. The van der Waals surface area contributed by atoms with Gasteiger partial charge in [0, 0.05) is 18.1 Å². The first kappa shape index (κ1) is 12.6. The number of benzene rings is 1. The molecular weight excluding hydrogens is 218 g/mol. The number of rotatable bonds is 2. The van der Waals surface area contributed by atoms with E-state index in [4.69, 9.17) is 10.9 Å². The summed E-state index contributed by atoms with van der Waals surface area (Å²) >= 11 is 0. The normalized spacial score (nSPS) is 10.3. The van der Waals surface area contributed by atoms with Crippen LogP contribution in [0.15, 0.2) is 29.4 Å². The largest absolute Gasteiger partial charge is 0.409 e. The minimum absolute atomic E-state index is 0.0581. The molecule has 1 amide bonds. The van der Waals surface area contributed by atoms with E-state index >= 15 is 0 Å². The Kier molecular flexibility index (Phi) is 4.58. The van der Waals surface area contributed by atoms with Crippen molar-refractivity contribution in [2.45, 2.75) is 6.92 Å². The van der Waals surface area contributed by atoms with Crippen LogP contribution in [0.2, 0.25) is 0 Å². The molecule has 4 N–H and O–H groups in total. The Labute approximate surface area is 99.3 Å². The van der Waals surface area contributed by atoms with Crippen LogP contribution in [0.1, 0.15) is 18.1 Å². The number of nitrogens with zero attached hydrogens (tertiary/aromatic N) is 1. The van der Waals surface area contributed by atoms with Crippen LogP contribution in [0, 0.1) is 11.8 Å². The van der Waals surface area contributed by atoms with Crippen molar-refractivity contribution in [1.29, 1.82) is 0 Å². The van der Waals surface area contributed by atoms with Crippen molar-refractivity contribution in [1.82, 2.24) is 5.32 Å². The molecule has 5 nitrogen and oxygen atoms in total. The molecule has 0 saturated heterocycles. The van der Waals surface area contributed by atoms with Crippen molar-refractivity contribution >= 4 is 11.7 Å². The van der Waals surface area contributed by atoms with E-state index in [1.807, 2.05) is 0 Å². The first-order chi connectivity index (χ1) is 8.13. The van der Waals surface area contributed by atoms with Crippen LogP contribution in [0.4, 0.5) is 0 Å². The van der Waals surface area contributed by atoms with Crippen LogP contribution in [0.3, 0.4) is 0 Å². The Balaban J connectivity index is 2.65. The predicted octanol–water partition coefficient (Wildman–Crippen LogP) is 0.269. The Morgan fingerprint density at radius 1 is 1.47 bits per heavy atom. The average molecular weight is 231 g/mol. The molecule has 0 atom stereocenters. The van der Waals surface area contributed by atoms with E-state index in [9.17, 15) is 4.79 Å². The molecule has 0 unspecified atom stereocenters. The van der Waals surface area contributed by atoms with Crippen molar-refractivity contribution in [3.8, 4) is 11.8 Å². The molecule has 0 aliphatic heterocycles. The summed E-state index contributed by atoms with van der Waals surface area (Å²) in [5, 5.41) is 13.9. The van der Waals surface area contributed by atoms with Crippen molar-refractivity contribution < 1.29 is 10.0 Å². The van der Waals surface area contributed by atoms with E-state index in [1.165, 1.54) is 6.92 Å². The maximum atomic E-state index is 10.6. The Morgan fingerprint density at radius 2 is 2.12 bits per heavy atom. The lowest BCUT2D eigenvalue weighted by Gasteiger charge is -1.97. The summed E-state index contributed by atoms with van der Waals surface area (Å²) in [6.07, 6.45) is 0. The summed E-state index contributed by atoms with van der Waals surface area (Å²) in [6, 6.07) is 6.93. The lowest BCUT2D eigenvalue weighted by molar-refractivity contribution is -0.118. The molecule has 88 valence electrons. The number of carbonyl (C=O) groups excluding carboxylic acids is 1. The lowest BCUT2D eigenvalue weighted by Crippen LogP contribution is -2.19. The number of amidine groups is 1. The minimum atomic E-state index is -0.110. The van der Waals surface area contributed by atoms with Gasteiger partial charge in [-0.3, -0.25) is 4.79 Å². The van der Waals surface area contributed by atoms with Gasteiger partial charge in [0.1, 0.15) is 0 Å². The molecule has 1 rings (SSSR count). The zero-order valence-electron chi connectivity index (χ0n) is 9.40. The molecule has 1 aromatic rings. The van der Waals surface area contributed by atoms with Gasteiger partial charge in [-0.2, -0.15) is 0 Å². The zero-order chi connectivity index (χ0) is 12.7. The number of nitrogens with one attached hydrogen (secondary N) is 1. The van der Waals surface area contributed by atoms with E-state index in [2.05, 4.69) is 22.3 Å². The van der Waals surface area contributed by atoms with Crippen LogP contribution in [-0.2, 0) is 4.79 Å². The topological polar surface area (TPSA) is 87.7 Å². The van der Waals surface area contributed by atoms with Gasteiger partial charge in [0.25, 0.3) is 0 Å². The molecule has 0 radical (unpaired) electrons. The predicted molar refractivity (Wildman–Crippen MR) is 64.5 cm³/mol. The van der Waals surface area contributed by atoms with Crippen molar-refractivity contribution in [3.05, 3.63) is 35.4 Å². The third-order valence-corrected chi connectivity index (χ3v) is 1.95. The van der Waals surface area contributed by atoms with Gasteiger partial charge in [-0.15, -0.1) is 0 Å². The summed E-state index contributed by atoms with van der Waals surface area (Å²) in [4.78, 5) is 10.6. The quantitative estimate of drug-likeness (QED) is 0.224. The number of carbonyl (C=O) groups is 1. The number of oxime groups is 1. The van der Waals surface area contributed by atoms with Crippen LogP contribution in [0.5, 0.6) is 0 Å². The molecular formula is C12H13N3O2. The Bertz CT molecular complexity index is 481. The third kappa shape index (κ3) is 4.26. The van der Waals surface area contributed by atoms with Crippen molar-refractivity contribution in [2.24, 2.45) is 10.9 Å². The van der Waals surface area contributed by atoms with Crippen LogP contribution in [-0.4, -0.2) is 23.5 Å². The molecule has 17 heavy (non-hydrogen) atoms. The zero-order valence-corrected chi connectivity index (χ0v) is 9.40. The monoisotopic (exact) mass is 231 g/mol. The maximum absolute atomic E-state index is 10.6. The van der Waals surface area contributed by atoms with E-state index in [1.54, 1.807) is 24.3 Å². The van der Waals surface area contributed by atoms with Gasteiger partial charge >= 0.3 is 0 Å². The van der Waals surface area contributed by atoms with Crippen LogP contribution >= 0.6 is 0 Å². The molecule has 0 saturated carbocycles. The maximum Gasteiger partial charge on any atom is 0.217 e. The SMILES string of the molecule is CC(=O)NCC#Cc1ccc(C(N)=NO)cc1. The fourth-order valence-corrected chi connectivity index (χ4v) is 1.10. The number of amides is 1. The molecule has 0 aliphatic rings. The van der Waals surface area contributed by atoms with Gasteiger partial charge in [0.15, 0.2) is 5.84 Å². The summed E-state index contributed by atoms with van der Waals surface area (Å²) in [5.74, 6) is 5.63. The summed E-state index contributed by atoms with van der Waals surface area (Å²) in [7, 11) is 0. The number of nitrogens with two attached hydrogens (primary N) is 1. The van der Waals surface area contributed by atoms with Gasteiger partial charge in [0.05, 0.1) is 6.54 Å². The molecule has 0 bridgehead atoms. The molecule has 1 aromatic carbocycles. The summed E-state index contributed by atoms with van der Waals surface area (Å²) < 4.78 is 0. The van der Waals surface area contributed by atoms with Gasteiger partial charge in [-0.1, -0.05) is 17.0 Å². The Hall–Kier alpha value is -2.48. The summed E-state index contributed by atoms with van der Waals surface area (Å²) in [5.41, 5.74) is 6.84. The molecule has 0 heterocycles. The van der Waals surface area contributed by atoms with E-state index < -0.39 is 0 Å². The summed E-state index contributed by atoms with van der Waals surface area (Å²) in [6.45, 7) is 1.75. The van der Waals surface area contributed by atoms with Crippen LogP contribution in [0.25, 0.3) is 0 Å². The van der Waals surface area contributed by atoms with E-state index in [0.717, 1.165) is 5.56 Å². The third-order valence-electron chi connectivity index (χ3n) is 1.95. The first-order valence-corrected chi connectivity index (χ1v) is 4.94. The fraction of sp³-hybridized carbons (Fsp3) is 0.167.